The molecule has 2 aliphatic heterocycles. The van der Waals surface area contributed by atoms with Crippen molar-refractivity contribution in [3.8, 4) is 17.2 Å². The van der Waals surface area contributed by atoms with E-state index in [1.165, 1.54) is 12.1 Å². The third kappa shape index (κ3) is 3.40. The zero-order chi connectivity index (χ0) is 25.0. The van der Waals surface area contributed by atoms with Crippen LogP contribution in [0.5, 0.6) is 11.5 Å². The molecule has 0 atom stereocenters. The normalized spacial score (nSPS) is 16.2. The second-order valence-corrected chi connectivity index (χ2v) is 8.54. The molecular weight excluding hydrogens is 460 g/mol. The number of imide groups is 2. The molecule has 9 nitrogen and oxygen atoms in total. The Kier molecular flexibility index (Phi) is 4.85. The number of barbiturate groups is 1. The molecule has 2 aromatic heterocycles. The number of urea groups is 1. The van der Waals surface area contributed by atoms with Crippen LogP contribution in [0.2, 0.25) is 0 Å². The summed E-state index contributed by atoms with van der Waals surface area (Å²) in [6, 6.07) is 15.6. The smallest absolute Gasteiger partial charge is 0.335 e. The highest BCUT2D eigenvalue weighted by Crippen LogP contribution is 2.36. The zero-order valence-corrected chi connectivity index (χ0v) is 19.4. The highest BCUT2D eigenvalue weighted by molar-refractivity contribution is 6.39. The number of hydrogen-bond donors (Lipinski definition) is 1. The number of aryl methyl sites for hydroxylation is 1. The molecule has 4 amide bonds. The Morgan fingerprint density at radius 1 is 0.944 bits per heavy atom. The van der Waals surface area contributed by atoms with Crippen LogP contribution in [0.1, 0.15) is 17.0 Å². The number of ether oxygens (including phenoxy) is 2. The Bertz CT molecular complexity index is 1630. The van der Waals surface area contributed by atoms with Gasteiger partial charge in [0.15, 0.2) is 11.5 Å². The Morgan fingerprint density at radius 3 is 2.61 bits per heavy atom. The van der Waals surface area contributed by atoms with Gasteiger partial charge in [0.2, 0.25) is 6.79 Å². The minimum atomic E-state index is -0.823. The van der Waals surface area contributed by atoms with Crippen molar-refractivity contribution >= 4 is 40.5 Å². The molecule has 0 bridgehead atoms. The van der Waals surface area contributed by atoms with Gasteiger partial charge in [-0.3, -0.25) is 19.9 Å². The summed E-state index contributed by atoms with van der Waals surface area (Å²) in [5.74, 6) is -0.523. The molecule has 1 saturated heterocycles. The summed E-state index contributed by atoms with van der Waals surface area (Å²) in [5, 5.41) is 3.26. The molecule has 0 unspecified atom stereocenters. The van der Waals surface area contributed by atoms with Gasteiger partial charge >= 0.3 is 6.03 Å². The fourth-order valence-corrected chi connectivity index (χ4v) is 4.60. The van der Waals surface area contributed by atoms with Crippen LogP contribution in [-0.2, 0) is 9.59 Å². The molecule has 1 N–H and O–H groups in total. The van der Waals surface area contributed by atoms with Gasteiger partial charge in [-0.05, 0) is 68.0 Å². The van der Waals surface area contributed by atoms with E-state index in [0.29, 0.717) is 17.1 Å². The predicted octanol–water partition coefficient (Wildman–Crippen LogP) is 4.04. The Labute approximate surface area is 205 Å². The van der Waals surface area contributed by atoms with E-state index in [9.17, 15) is 14.4 Å². The van der Waals surface area contributed by atoms with E-state index < -0.39 is 17.8 Å². The lowest BCUT2D eigenvalue weighted by atomic mass is 10.1. The standard InChI is InChI=1S/C27H20N4O5/c1-15-10-18(16(2)30(15)19-5-7-22-17(11-19)4-3-9-28-22)12-21-25(32)29-27(34)31(26(21)33)20-6-8-23-24(13-20)36-14-35-23/h3-13H,14H2,1-2H3,(H,29,32,34)/b21-12+. The molecule has 36 heavy (non-hydrogen) atoms. The van der Waals surface area contributed by atoms with Crippen molar-refractivity contribution < 1.29 is 23.9 Å². The number of pyridine rings is 1. The SMILES string of the molecule is Cc1cc(/C=C2\C(=O)NC(=O)N(c3ccc4c(c3)OCO4)C2=O)c(C)n1-c1ccc2ncccc2c1. The third-order valence-corrected chi connectivity index (χ3v) is 6.33. The number of nitrogens with zero attached hydrogens (tertiary/aromatic N) is 3. The number of amides is 4. The van der Waals surface area contributed by atoms with Crippen LogP contribution in [0.15, 0.2) is 66.4 Å². The summed E-state index contributed by atoms with van der Waals surface area (Å²) >= 11 is 0. The van der Waals surface area contributed by atoms with Gasteiger partial charge in [-0.15, -0.1) is 0 Å². The fraction of sp³-hybridized carbons (Fsp3) is 0.111. The lowest BCUT2D eigenvalue weighted by Crippen LogP contribution is -2.54. The van der Waals surface area contributed by atoms with Crippen molar-refractivity contribution in [3.05, 3.63) is 83.3 Å². The van der Waals surface area contributed by atoms with Crippen LogP contribution in [-0.4, -0.2) is 34.2 Å². The fourth-order valence-electron chi connectivity index (χ4n) is 4.60. The van der Waals surface area contributed by atoms with Gasteiger partial charge in [0, 0.05) is 34.7 Å². The van der Waals surface area contributed by atoms with Crippen molar-refractivity contribution in [1.29, 1.82) is 0 Å². The second-order valence-electron chi connectivity index (χ2n) is 8.54. The van der Waals surface area contributed by atoms with E-state index in [1.807, 2.05) is 54.8 Å². The number of anilines is 1. The summed E-state index contributed by atoms with van der Waals surface area (Å²) in [4.78, 5) is 43.9. The summed E-state index contributed by atoms with van der Waals surface area (Å²) < 4.78 is 12.7. The van der Waals surface area contributed by atoms with Crippen LogP contribution in [0.3, 0.4) is 0 Å². The topological polar surface area (TPSA) is 103 Å². The maximum atomic E-state index is 13.4. The Balaban J connectivity index is 1.39. The summed E-state index contributed by atoms with van der Waals surface area (Å²) in [7, 11) is 0. The first-order chi connectivity index (χ1) is 17.4. The number of carbonyl (C=O) groups excluding carboxylic acids is 3. The van der Waals surface area contributed by atoms with Crippen molar-refractivity contribution in [1.82, 2.24) is 14.9 Å². The van der Waals surface area contributed by atoms with E-state index >= 15 is 0 Å². The molecule has 2 aliphatic rings. The van der Waals surface area contributed by atoms with Crippen LogP contribution < -0.4 is 19.7 Å². The Morgan fingerprint density at radius 2 is 1.75 bits per heavy atom. The van der Waals surface area contributed by atoms with Gasteiger partial charge in [0.25, 0.3) is 11.8 Å². The largest absolute Gasteiger partial charge is 0.454 e. The molecule has 1 fully saturated rings. The average Bonchev–Trinajstić information content (AvgIpc) is 3.44. The lowest BCUT2D eigenvalue weighted by Gasteiger charge is -2.26. The van der Waals surface area contributed by atoms with Gasteiger partial charge < -0.3 is 14.0 Å². The van der Waals surface area contributed by atoms with E-state index in [4.69, 9.17) is 9.47 Å². The van der Waals surface area contributed by atoms with Gasteiger partial charge in [-0.25, -0.2) is 9.69 Å². The number of fused-ring (bicyclic) bond motifs is 2. The molecule has 0 radical (unpaired) electrons. The van der Waals surface area contributed by atoms with Crippen LogP contribution >= 0.6 is 0 Å². The zero-order valence-electron chi connectivity index (χ0n) is 19.4. The van der Waals surface area contributed by atoms with Crippen LogP contribution in [0.4, 0.5) is 10.5 Å². The third-order valence-electron chi connectivity index (χ3n) is 6.33. The maximum Gasteiger partial charge on any atom is 0.335 e. The lowest BCUT2D eigenvalue weighted by molar-refractivity contribution is -0.122. The predicted molar refractivity (Wildman–Crippen MR) is 132 cm³/mol. The van der Waals surface area contributed by atoms with Crippen molar-refractivity contribution in [2.75, 3.05) is 11.7 Å². The van der Waals surface area contributed by atoms with E-state index in [-0.39, 0.29) is 18.1 Å². The summed E-state index contributed by atoms with van der Waals surface area (Å²) in [6.07, 6.45) is 3.27. The van der Waals surface area contributed by atoms with Crippen molar-refractivity contribution in [2.45, 2.75) is 13.8 Å². The molecule has 4 aromatic rings. The first-order valence-electron chi connectivity index (χ1n) is 11.3. The molecule has 9 heteroatoms. The molecule has 4 heterocycles. The van der Waals surface area contributed by atoms with Gasteiger partial charge in [0.1, 0.15) is 5.57 Å². The molecule has 2 aromatic carbocycles. The first-order valence-corrected chi connectivity index (χ1v) is 11.3. The van der Waals surface area contributed by atoms with Crippen LogP contribution in [0.25, 0.3) is 22.7 Å². The minimum Gasteiger partial charge on any atom is -0.454 e. The summed E-state index contributed by atoms with van der Waals surface area (Å²) in [5.41, 5.74) is 4.42. The van der Waals surface area contributed by atoms with Crippen molar-refractivity contribution in [3.63, 3.8) is 0 Å². The molecule has 0 aliphatic carbocycles. The average molecular weight is 480 g/mol. The number of benzene rings is 2. The quantitative estimate of drug-likeness (QED) is 0.351. The van der Waals surface area contributed by atoms with Gasteiger partial charge in [0.05, 0.1) is 11.2 Å². The van der Waals surface area contributed by atoms with Crippen LogP contribution in [0, 0.1) is 13.8 Å². The first kappa shape index (κ1) is 21.6. The van der Waals surface area contributed by atoms with E-state index in [1.54, 1.807) is 18.3 Å². The van der Waals surface area contributed by atoms with E-state index in [2.05, 4.69) is 10.3 Å². The number of carbonyl (C=O) groups is 3. The minimum absolute atomic E-state index is 0.0614. The molecular formula is C27H20N4O5. The molecule has 6 rings (SSSR count). The monoisotopic (exact) mass is 480 g/mol. The molecule has 0 spiro atoms. The van der Waals surface area contributed by atoms with Gasteiger partial charge in [-0.1, -0.05) is 6.07 Å². The Hall–Kier alpha value is -4.92. The number of hydrogen-bond acceptors (Lipinski definition) is 6. The van der Waals surface area contributed by atoms with Gasteiger partial charge in [-0.2, -0.15) is 0 Å². The van der Waals surface area contributed by atoms with Crippen molar-refractivity contribution in [2.24, 2.45) is 0 Å². The second kappa shape index (κ2) is 8.09. The summed E-state index contributed by atoms with van der Waals surface area (Å²) in [6.45, 7) is 3.93. The maximum absolute atomic E-state index is 13.4. The number of aromatic nitrogens is 2. The highest BCUT2D eigenvalue weighted by atomic mass is 16.7. The van der Waals surface area contributed by atoms with E-state index in [0.717, 1.165) is 32.9 Å². The number of rotatable bonds is 3. The number of nitrogens with one attached hydrogen (secondary N) is 1. The highest BCUT2D eigenvalue weighted by Gasteiger charge is 2.37. The molecule has 0 saturated carbocycles. The molecule has 178 valence electrons.